The molecule has 2 aromatic rings. The average molecular weight is 432 g/mol. The fourth-order valence-corrected chi connectivity index (χ4v) is 5.04. The van der Waals surface area contributed by atoms with E-state index in [1.54, 1.807) is 18.2 Å². The molecule has 2 aliphatic rings. The van der Waals surface area contributed by atoms with E-state index in [0.717, 1.165) is 11.3 Å². The molecule has 0 spiro atoms. The summed E-state index contributed by atoms with van der Waals surface area (Å²) < 4.78 is 38.0. The molecule has 1 saturated heterocycles. The molecule has 1 N–H and O–H groups in total. The number of ether oxygens (including phenoxy) is 2. The second-order valence-electron chi connectivity index (χ2n) is 7.26. The van der Waals surface area contributed by atoms with Gasteiger partial charge >= 0.3 is 0 Å². The van der Waals surface area contributed by atoms with Crippen molar-refractivity contribution >= 4 is 21.6 Å². The van der Waals surface area contributed by atoms with Crippen LogP contribution < -0.4 is 10.1 Å². The summed E-state index contributed by atoms with van der Waals surface area (Å²) in [5.41, 5.74) is 1.50. The van der Waals surface area contributed by atoms with Crippen molar-refractivity contribution in [3.63, 3.8) is 0 Å². The van der Waals surface area contributed by atoms with Crippen LogP contribution in [0.3, 0.4) is 0 Å². The molecule has 1 fully saturated rings. The number of morpholine rings is 1. The van der Waals surface area contributed by atoms with Crippen molar-refractivity contribution in [2.24, 2.45) is 0 Å². The summed E-state index contributed by atoms with van der Waals surface area (Å²) >= 11 is 0. The van der Waals surface area contributed by atoms with Gasteiger partial charge in [0, 0.05) is 37.4 Å². The average Bonchev–Trinajstić information content (AvgIpc) is 2.96. The first kappa shape index (κ1) is 20.8. The number of benzene rings is 2. The quantitative estimate of drug-likeness (QED) is 0.773. The first-order valence-electron chi connectivity index (χ1n) is 9.93. The van der Waals surface area contributed by atoms with Crippen LogP contribution in [0.4, 0.5) is 5.69 Å². The van der Waals surface area contributed by atoms with E-state index in [1.165, 1.54) is 10.4 Å². The van der Waals surface area contributed by atoms with Crippen LogP contribution in [0.2, 0.25) is 0 Å². The Bertz CT molecular complexity index is 1010. The molecule has 0 aromatic heterocycles. The number of carbonyl (C=O) groups is 1. The molecule has 30 heavy (non-hydrogen) atoms. The summed E-state index contributed by atoms with van der Waals surface area (Å²) in [5, 5.41) is 2.82. The van der Waals surface area contributed by atoms with Crippen LogP contribution in [0.15, 0.2) is 53.4 Å². The van der Waals surface area contributed by atoms with Gasteiger partial charge in [0.25, 0.3) is 0 Å². The van der Waals surface area contributed by atoms with Gasteiger partial charge in [-0.05, 0) is 24.3 Å². The maximum absolute atomic E-state index is 12.8. The van der Waals surface area contributed by atoms with Crippen LogP contribution in [0.1, 0.15) is 5.56 Å². The SMILES string of the molecule is O=C(CN1CCOc2ccccc2C1)Nc1cccc(S(=O)(=O)N2CCOCC2)c1. The minimum absolute atomic E-state index is 0.166. The Balaban J connectivity index is 1.41. The Morgan fingerprint density at radius 2 is 1.80 bits per heavy atom. The van der Waals surface area contributed by atoms with Crippen molar-refractivity contribution < 1.29 is 22.7 Å². The lowest BCUT2D eigenvalue weighted by Crippen LogP contribution is -2.40. The number of hydrogen-bond acceptors (Lipinski definition) is 6. The number of anilines is 1. The summed E-state index contributed by atoms with van der Waals surface area (Å²) in [6.07, 6.45) is 0. The Kier molecular flexibility index (Phi) is 6.33. The molecule has 0 atom stereocenters. The fraction of sp³-hybridized carbons (Fsp3) is 0.381. The molecule has 2 aromatic carbocycles. The summed E-state index contributed by atoms with van der Waals surface area (Å²) in [6.45, 7) is 3.39. The lowest BCUT2D eigenvalue weighted by Gasteiger charge is -2.26. The molecule has 0 unspecified atom stereocenters. The third-order valence-corrected chi connectivity index (χ3v) is 7.02. The molecule has 0 bridgehead atoms. The van der Waals surface area contributed by atoms with Crippen molar-refractivity contribution in [3.05, 3.63) is 54.1 Å². The van der Waals surface area contributed by atoms with Crippen LogP contribution in [0.5, 0.6) is 5.75 Å². The standard InChI is InChI=1S/C21H25N3O5S/c25-21(16-23-8-13-29-20-7-2-1-4-17(20)15-23)22-18-5-3-6-19(14-18)30(26,27)24-9-11-28-12-10-24/h1-7,14H,8-13,15-16H2,(H,22,25). The molecule has 0 radical (unpaired) electrons. The zero-order chi connectivity index (χ0) is 21.0. The van der Waals surface area contributed by atoms with Crippen LogP contribution >= 0.6 is 0 Å². The van der Waals surface area contributed by atoms with E-state index in [9.17, 15) is 13.2 Å². The number of nitrogens with zero attached hydrogens (tertiary/aromatic N) is 2. The van der Waals surface area contributed by atoms with Gasteiger partial charge in [0.1, 0.15) is 12.4 Å². The molecule has 2 aliphatic heterocycles. The van der Waals surface area contributed by atoms with Crippen molar-refractivity contribution in [3.8, 4) is 5.75 Å². The predicted octanol–water partition coefficient (Wildman–Crippen LogP) is 1.54. The van der Waals surface area contributed by atoms with Gasteiger partial charge in [-0.15, -0.1) is 0 Å². The fourth-order valence-electron chi connectivity index (χ4n) is 3.59. The van der Waals surface area contributed by atoms with Crippen LogP contribution in [0, 0.1) is 0 Å². The summed E-state index contributed by atoms with van der Waals surface area (Å²) in [7, 11) is -3.61. The van der Waals surface area contributed by atoms with E-state index < -0.39 is 10.0 Å². The van der Waals surface area contributed by atoms with Crippen LogP contribution in [-0.4, -0.2) is 69.5 Å². The van der Waals surface area contributed by atoms with Gasteiger partial charge < -0.3 is 14.8 Å². The molecule has 2 heterocycles. The molecule has 4 rings (SSSR count). The largest absolute Gasteiger partial charge is 0.492 e. The highest BCUT2D eigenvalue weighted by atomic mass is 32.2. The number of sulfonamides is 1. The van der Waals surface area contributed by atoms with Crippen molar-refractivity contribution in [2.45, 2.75) is 11.4 Å². The predicted molar refractivity (Wildman–Crippen MR) is 112 cm³/mol. The van der Waals surface area contributed by atoms with Crippen molar-refractivity contribution in [1.82, 2.24) is 9.21 Å². The second kappa shape index (κ2) is 9.13. The molecular weight excluding hydrogens is 406 g/mol. The molecule has 9 heteroatoms. The van der Waals surface area contributed by atoms with E-state index in [2.05, 4.69) is 5.32 Å². The van der Waals surface area contributed by atoms with Gasteiger partial charge in [-0.1, -0.05) is 24.3 Å². The lowest BCUT2D eigenvalue weighted by atomic mass is 10.2. The molecule has 1 amide bonds. The number of fused-ring (bicyclic) bond motifs is 1. The third-order valence-electron chi connectivity index (χ3n) is 5.12. The number of para-hydroxylation sites is 1. The third kappa shape index (κ3) is 4.81. The van der Waals surface area contributed by atoms with E-state index in [-0.39, 0.29) is 17.3 Å². The smallest absolute Gasteiger partial charge is 0.243 e. The van der Waals surface area contributed by atoms with Gasteiger partial charge in [-0.2, -0.15) is 4.31 Å². The molecule has 0 saturated carbocycles. The number of amides is 1. The van der Waals surface area contributed by atoms with Crippen molar-refractivity contribution in [2.75, 3.05) is 51.3 Å². The van der Waals surface area contributed by atoms with Gasteiger partial charge in [-0.3, -0.25) is 9.69 Å². The first-order valence-corrected chi connectivity index (χ1v) is 11.4. The summed E-state index contributed by atoms with van der Waals surface area (Å²) in [5.74, 6) is 0.650. The Hall–Kier alpha value is -2.46. The second-order valence-corrected chi connectivity index (χ2v) is 9.20. The Morgan fingerprint density at radius 1 is 1.00 bits per heavy atom. The topological polar surface area (TPSA) is 88.2 Å². The summed E-state index contributed by atoms with van der Waals surface area (Å²) in [4.78, 5) is 14.8. The van der Waals surface area contributed by atoms with Crippen LogP contribution in [-0.2, 0) is 26.1 Å². The number of carbonyl (C=O) groups excluding carboxylic acids is 1. The maximum Gasteiger partial charge on any atom is 0.243 e. The molecule has 160 valence electrons. The van der Waals surface area contributed by atoms with Crippen molar-refractivity contribution in [1.29, 1.82) is 0 Å². The normalized spacial score (nSPS) is 18.1. The van der Waals surface area contributed by atoms with E-state index >= 15 is 0 Å². The number of rotatable bonds is 5. The minimum Gasteiger partial charge on any atom is -0.492 e. The van der Waals surface area contributed by atoms with Gasteiger partial charge in [0.05, 0.1) is 24.7 Å². The molecule has 0 aliphatic carbocycles. The van der Waals surface area contributed by atoms with E-state index in [1.807, 2.05) is 29.2 Å². The first-order chi connectivity index (χ1) is 14.5. The van der Waals surface area contributed by atoms with E-state index in [4.69, 9.17) is 9.47 Å². The van der Waals surface area contributed by atoms with E-state index in [0.29, 0.717) is 51.7 Å². The minimum atomic E-state index is -3.61. The molecule has 8 nitrogen and oxygen atoms in total. The highest BCUT2D eigenvalue weighted by Crippen LogP contribution is 2.23. The number of nitrogens with one attached hydrogen (secondary N) is 1. The highest BCUT2D eigenvalue weighted by Gasteiger charge is 2.26. The Morgan fingerprint density at radius 3 is 2.63 bits per heavy atom. The van der Waals surface area contributed by atoms with Gasteiger partial charge in [0.2, 0.25) is 15.9 Å². The zero-order valence-electron chi connectivity index (χ0n) is 16.6. The molecular formula is C21H25N3O5S. The lowest BCUT2D eigenvalue weighted by molar-refractivity contribution is -0.117. The van der Waals surface area contributed by atoms with Crippen LogP contribution in [0.25, 0.3) is 0 Å². The number of hydrogen-bond donors (Lipinski definition) is 1. The monoisotopic (exact) mass is 431 g/mol. The van der Waals surface area contributed by atoms with Gasteiger partial charge in [0.15, 0.2) is 0 Å². The summed E-state index contributed by atoms with van der Waals surface area (Å²) in [6, 6.07) is 14.2. The highest BCUT2D eigenvalue weighted by molar-refractivity contribution is 7.89. The zero-order valence-corrected chi connectivity index (χ0v) is 17.4. The Labute approximate surface area is 176 Å². The maximum atomic E-state index is 12.8. The van der Waals surface area contributed by atoms with Gasteiger partial charge in [-0.25, -0.2) is 8.42 Å².